The molecule has 0 aliphatic carbocycles. The lowest BCUT2D eigenvalue weighted by Crippen LogP contribution is -2.21. The van der Waals surface area contributed by atoms with E-state index in [1.54, 1.807) is 17.0 Å². The second-order valence-electron chi connectivity index (χ2n) is 3.78. The topological polar surface area (TPSA) is 38.1 Å². The van der Waals surface area contributed by atoms with E-state index >= 15 is 0 Å². The van der Waals surface area contributed by atoms with E-state index in [1.807, 2.05) is 14.1 Å². The number of Topliss-reactive ketones (excluding diaryl/α,β-unsaturated/α-hetero) is 1. The maximum atomic E-state index is 11.8. The van der Waals surface area contributed by atoms with Gasteiger partial charge in [-0.25, -0.2) is 0 Å². The summed E-state index contributed by atoms with van der Waals surface area (Å²) in [5.41, 5.74) is 0.627. The molecule has 0 saturated carbocycles. The first-order valence-electron chi connectivity index (χ1n) is 5.06. The van der Waals surface area contributed by atoms with Gasteiger partial charge in [0.2, 0.25) is 0 Å². The van der Waals surface area contributed by atoms with Crippen LogP contribution < -0.4 is 0 Å². The van der Waals surface area contributed by atoms with Gasteiger partial charge in [-0.3, -0.25) is 9.48 Å². The molecule has 0 bridgehead atoms. The normalized spacial score (nSPS) is 10.8. The molecular formula is C11H16BrN3O. The highest BCUT2D eigenvalue weighted by atomic mass is 79.9. The van der Waals surface area contributed by atoms with Crippen molar-refractivity contribution in [3.05, 3.63) is 29.0 Å². The number of hydrogen-bond donors (Lipinski definition) is 0. The van der Waals surface area contributed by atoms with Gasteiger partial charge in [0.05, 0.1) is 17.2 Å². The van der Waals surface area contributed by atoms with Gasteiger partial charge in [0.15, 0.2) is 5.78 Å². The molecular weight excluding hydrogens is 270 g/mol. The molecule has 5 heteroatoms. The number of aromatic nitrogens is 2. The first kappa shape index (κ1) is 13.1. The molecule has 88 valence electrons. The van der Waals surface area contributed by atoms with E-state index in [2.05, 4.69) is 32.5 Å². The second kappa shape index (κ2) is 5.96. The molecule has 1 heterocycles. The van der Waals surface area contributed by atoms with Crippen molar-refractivity contribution in [3.63, 3.8) is 0 Å². The molecule has 0 aliphatic rings. The molecule has 4 nitrogen and oxygen atoms in total. The van der Waals surface area contributed by atoms with E-state index in [-0.39, 0.29) is 5.78 Å². The zero-order chi connectivity index (χ0) is 12.1. The van der Waals surface area contributed by atoms with E-state index in [9.17, 15) is 4.79 Å². The van der Waals surface area contributed by atoms with Crippen LogP contribution in [-0.2, 0) is 6.54 Å². The zero-order valence-corrected chi connectivity index (χ0v) is 11.2. The van der Waals surface area contributed by atoms with Crippen LogP contribution in [0, 0.1) is 0 Å². The number of likely N-dealkylation sites (N-methyl/N-ethyl adjacent to an activating group) is 1. The Kier molecular flexibility index (Phi) is 4.89. The monoisotopic (exact) mass is 285 g/mol. The summed E-state index contributed by atoms with van der Waals surface area (Å²) in [4.78, 5) is 13.9. The van der Waals surface area contributed by atoms with Crippen LogP contribution in [0.5, 0.6) is 0 Å². The maximum absolute atomic E-state index is 11.8. The van der Waals surface area contributed by atoms with Gasteiger partial charge in [0.25, 0.3) is 0 Å². The summed E-state index contributed by atoms with van der Waals surface area (Å²) in [6.07, 6.45) is 3.61. The van der Waals surface area contributed by atoms with Gasteiger partial charge < -0.3 is 4.90 Å². The lowest BCUT2D eigenvalue weighted by atomic mass is 10.2. The minimum absolute atomic E-state index is 0.0399. The minimum atomic E-state index is 0.0399. The predicted molar refractivity (Wildman–Crippen MR) is 67.6 cm³/mol. The Bertz CT molecular complexity index is 385. The zero-order valence-electron chi connectivity index (χ0n) is 9.61. The second-order valence-corrected chi connectivity index (χ2v) is 4.64. The van der Waals surface area contributed by atoms with E-state index in [0.717, 1.165) is 11.0 Å². The Morgan fingerprint density at radius 3 is 2.94 bits per heavy atom. The summed E-state index contributed by atoms with van der Waals surface area (Å²) in [7, 11) is 3.98. The summed E-state index contributed by atoms with van der Waals surface area (Å²) in [5, 5.41) is 4.18. The lowest BCUT2D eigenvalue weighted by Gasteiger charge is -2.11. The summed E-state index contributed by atoms with van der Waals surface area (Å²) < 4.78 is 2.48. The Balaban J connectivity index is 2.85. The first-order chi connectivity index (χ1) is 7.56. The fraction of sp³-hybridized carbons (Fsp3) is 0.455. The van der Waals surface area contributed by atoms with Gasteiger partial charge in [0, 0.05) is 13.0 Å². The van der Waals surface area contributed by atoms with E-state index < -0.39 is 0 Å². The summed E-state index contributed by atoms with van der Waals surface area (Å²) in [6, 6.07) is 0. The summed E-state index contributed by atoms with van der Waals surface area (Å²) in [5.74, 6) is 0.0399. The van der Waals surface area contributed by atoms with Crippen molar-refractivity contribution in [2.24, 2.45) is 0 Å². The van der Waals surface area contributed by atoms with Crippen molar-refractivity contribution in [2.45, 2.75) is 13.0 Å². The number of ketones is 1. The van der Waals surface area contributed by atoms with E-state index in [1.165, 1.54) is 0 Å². The van der Waals surface area contributed by atoms with Crippen LogP contribution in [0.1, 0.15) is 16.9 Å². The van der Waals surface area contributed by atoms with E-state index in [4.69, 9.17) is 0 Å². The molecule has 0 aliphatic heterocycles. The van der Waals surface area contributed by atoms with Gasteiger partial charge in [-0.05, 0) is 30.0 Å². The van der Waals surface area contributed by atoms with Crippen molar-refractivity contribution in [1.82, 2.24) is 14.7 Å². The summed E-state index contributed by atoms with van der Waals surface area (Å²) >= 11 is 3.34. The third-order valence-corrected chi connectivity index (χ3v) is 2.73. The van der Waals surface area contributed by atoms with Crippen LogP contribution in [0.2, 0.25) is 0 Å². The molecule has 0 aromatic carbocycles. The Labute approximate surface area is 104 Å². The molecule has 1 aromatic rings. The van der Waals surface area contributed by atoms with Crippen molar-refractivity contribution in [1.29, 1.82) is 0 Å². The third kappa shape index (κ3) is 3.28. The predicted octanol–water partition coefficient (Wildman–Crippen LogP) is 1.97. The standard InChI is InChI=1S/C11H16BrN3O/c1-4-5-10(16)11-9(12)8-13-15(11)7-6-14(2)3/h4,8H,1,5-7H2,2-3H3. The molecule has 0 atom stereocenters. The van der Waals surface area contributed by atoms with Gasteiger partial charge in [-0.2, -0.15) is 5.10 Å². The number of carbonyl (C=O) groups excluding carboxylic acids is 1. The molecule has 0 saturated heterocycles. The molecule has 0 N–H and O–H groups in total. The van der Waals surface area contributed by atoms with Crippen molar-refractivity contribution >= 4 is 21.7 Å². The lowest BCUT2D eigenvalue weighted by molar-refractivity contribution is 0.0984. The Morgan fingerprint density at radius 2 is 2.38 bits per heavy atom. The number of allylic oxidation sites excluding steroid dienone is 1. The molecule has 0 spiro atoms. The Hall–Kier alpha value is -0.940. The minimum Gasteiger partial charge on any atom is -0.308 e. The maximum Gasteiger partial charge on any atom is 0.185 e. The van der Waals surface area contributed by atoms with Crippen LogP contribution in [-0.4, -0.2) is 41.1 Å². The molecule has 0 radical (unpaired) electrons. The van der Waals surface area contributed by atoms with Crippen molar-refractivity contribution in [3.8, 4) is 0 Å². The van der Waals surface area contributed by atoms with Crippen molar-refractivity contribution in [2.75, 3.05) is 20.6 Å². The third-order valence-electron chi connectivity index (χ3n) is 2.15. The highest BCUT2D eigenvalue weighted by Gasteiger charge is 2.15. The van der Waals surface area contributed by atoms with Crippen molar-refractivity contribution < 1.29 is 4.79 Å². The van der Waals surface area contributed by atoms with E-state index in [0.29, 0.717) is 18.7 Å². The smallest absolute Gasteiger partial charge is 0.185 e. The molecule has 0 amide bonds. The highest BCUT2D eigenvalue weighted by Crippen LogP contribution is 2.17. The van der Waals surface area contributed by atoms with Gasteiger partial charge in [-0.15, -0.1) is 6.58 Å². The average Bonchev–Trinajstić information content (AvgIpc) is 2.57. The molecule has 16 heavy (non-hydrogen) atoms. The van der Waals surface area contributed by atoms with Gasteiger partial charge >= 0.3 is 0 Å². The largest absolute Gasteiger partial charge is 0.308 e. The fourth-order valence-electron chi connectivity index (χ4n) is 1.33. The van der Waals surface area contributed by atoms with Crippen LogP contribution in [0.3, 0.4) is 0 Å². The van der Waals surface area contributed by atoms with Crippen LogP contribution >= 0.6 is 15.9 Å². The van der Waals surface area contributed by atoms with Crippen LogP contribution in [0.15, 0.2) is 23.3 Å². The molecule has 1 aromatic heterocycles. The number of halogens is 1. The average molecular weight is 286 g/mol. The fourth-order valence-corrected chi connectivity index (χ4v) is 1.85. The number of hydrogen-bond acceptors (Lipinski definition) is 3. The highest BCUT2D eigenvalue weighted by molar-refractivity contribution is 9.10. The number of rotatable bonds is 6. The summed E-state index contributed by atoms with van der Waals surface area (Å²) in [6.45, 7) is 5.12. The van der Waals surface area contributed by atoms with Gasteiger partial charge in [0.1, 0.15) is 5.69 Å². The molecule has 0 fully saturated rings. The SMILES string of the molecule is C=CCC(=O)c1c(Br)cnn1CCN(C)C. The quantitative estimate of drug-likeness (QED) is 0.593. The van der Waals surface area contributed by atoms with Crippen LogP contribution in [0.4, 0.5) is 0 Å². The Morgan fingerprint density at radius 1 is 1.69 bits per heavy atom. The van der Waals surface area contributed by atoms with Crippen LogP contribution in [0.25, 0.3) is 0 Å². The number of carbonyl (C=O) groups is 1. The number of nitrogens with zero attached hydrogens (tertiary/aromatic N) is 3. The first-order valence-corrected chi connectivity index (χ1v) is 5.85. The van der Waals surface area contributed by atoms with Gasteiger partial charge in [-0.1, -0.05) is 6.08 Å². The molecule has 0 unspecified atom stereocenters. The molecule has 1 rings (SSSR count).